The minimum absolute atomic E-state index is 0.344. The van der Waals surface area contributed by atoms with Crippen molar-refractivity contribution in [2.75, 3.05) is 6.54 Å². The Morgan fingerprint density at radius 1 is 1.63 bits per heavy atom. The van der Waals surface area contributed by atoms with Crippen LogP contribution in [0.1, 0.15) is 37.9 Å². The number of aliphatic hydroxyl groups is 1. The van der Waals surface area contributed by atoms with E-state index in [-0.39, 0.29) is 0 Å². The third-order valence-corrected chi connectivity index (χ3v) is 4.60. The summed E-state index contributed by atoms with van der Waals surface area (Å²) in [6.45, 7) is 2.65. The van der Waals surface area contributed by atoms with Gasteiger partial charge in [0, 0.05) is 31.4 Å². The number of nitrogens with zero attached hydrogens (tertiary/aromatic N) is 2. The van der Waals surface area contributed by atoms with Gasteiger partial charge >= 0.3 is 0 Å². The lowest BCUT2D eigenvalue weighted by molar-refractivity contribution is 0.169. The number of halogens is 2. The van der Waals surface area contributed by atoms with Gasteiger partial charge in [-0.2, -0.15) is 5.10 Å². The van der Waals surface area contributed by atoms with Gasteiger partial charge < -0.3 is 10.4 Å². The van der Waals surface area contributed by atoms with Crippen LogP contribution in [0.15, 0.2) is 12.4 Å². The number of rotatable bonds is 7. The summed E-state index contributed by atoms with van der Waals surface area (Å²) >= 11 is 12.0. The van der Waals surface area contributed by atoms with Gasteiger partial charge in [0.05, 0.1) is 12.3 Å². The average molecular weight is 306 g/mol. The van der Waals surface area contributed by atoms with Gasteiger partial charge in [-0.25, -0.2) is 0 Å². The number of aliphatic hydroxyl groups excluding tert-OH is 1. The van der Waals surface area contributed by atoms with Crippen LogP contribution in [0.5, 0.6) is 0 Å². The van der Waals surface area contributed by atoms with Gasteiger partial charge in [0.15, 0.2) is 0 Å². The Labute approximate surface area is 124 Å². The zero-order valence-corrected chi connectivity index (χ0v) is 12.8. The Morgan fingerprint density at radius 3 is 2.84 bits per heavy atom. The first-order valence-electron chi connectivity index (χ1n) is 6.66. The van der Waals surface area contributed by atoms with E-state index in [0.717, 1.165) is 24.8 Å². The van der Waals surface area contributed by atoms with Crippen molar-refractivity contribution >= 4 is 23.2 Å². The van der Waals surface area contributed by atoms with Gasteiger partial charge in [-0.1, -0.05) is 0 Å². The van der Waals surface area contributed by atoms with Crippen LogP contribution in [0.4, 0.5) is 0 Å². The molecular formula is C13H21Cl2N3O. The molecule has 0 aromatic carbocycles. The second kappa shape index (κ2) is 6.00. The molecule has 0 saturated heterocycles. The zero-order chi connectivity index (χ0) is 14.0. The van der Waals surface area contributed by atoms with E-state index in [1.807, 2.05) is 13.2 Å². The van der Waals surface area contributed by atoms with E-state index in [0.29, 0.717) is 18.5 Å². The monoisotopic (exact) mass is 305 g/mol. The minimum Gasteiger partial charge on any atom is -0.387 e. The summed E-state index contributed by atoms with van der Waals surface area (Å²) in [7, 11) is 1.84. The van der Waals surface area contributed by atoms with Gasteiger partial charge in [-0.05, 0) is 32.1 Å². The van der Waals surface area contributed by atoms with Crippen LogP contribution in [0.3, 0.4) is 0 Å². The Hall–Kier alpha value is -0.290. The molecule has 0 spiro atoms. The van der Waals surface area contributed by atoms with E-state index in [1.165, 1.54) is 0 Å². The predicted molar refractivity (Wildman–Crippen MR) is 77.4 cm³/mol. The standard InChI is InChI=1S/C13H21Cl2N3O/c1-9(3-4-11-5-13(11,14)15)16-7-12(19)10-6-17-18(2)8-10/h6,8-9,11-12,16,19H,3-5,7H2,1-2H3. The summed E-state index contributed by atoms with van der Waals surface area (Å²) in [5.74, 6) is 0.434. The maximum atomic E-state index is 10.00. The van der Waals surface area contributed by atoms with E-state index < -0.39 is 10.4 Å². The van der Waals surface area contributed by atoms with Crippen LogP contribution in [-0.2, 0) is 7.05 Å². The molecule has 1 fully saturated rings. The zero-order valence-electron chi connectivity index (χ0n) is 11.3. The molecule has 6 heteroatoms. The Kier molecular flexibility index (Phi) is 4.77. The fraction of sp³-hybridized carbons (Fsp3) is 0.769. The first-order chi connectivity index (χ1) is 8.88. The molecule has 1 aliphatic carbocycles. The summed E-state index contributed by atoms with van der Waals surface area (Å²) < 4.78 is 1.21. The molecule has 2 N–H and O–H groups in total. The third kappa shape index (κ3) is 4.35. The molecular weight excluding hydrogens is 285 g/mol. The van der Waals surface area contributed by atoms with Crippen molar-refractivity contribution in [2.45, 2.75) is 42.7 Å². The normalized spacial score (nSPS) is 24.2. The van der Waals surface area contributed by atoms with Crippen molar-refractivity contribution in [2.24, 2.45) is 13.0 Å². The van der Waals surface area contributed by atoms with Crippen LogP contribution in [0, 0.1) is 5.92 Å². The van der Waals surface area contributed by atoms with E-state index in [1.54, 1.807) is 10.9 Å². The van der Waals surface area contributed by atoms with Crippen LogP contribution in [0.2, 0.25) is 0 Å². The summed E-state index contributed by atoms with van der Waals surface area (Å²) in [5, 5.41) is 17.4. The first-order valence-corrected chi connectivity index (χ1v) is 7.42. The van der Waals surface area contributed by atoms with E-state index in [4.69, 9.17) is 23.2 Å². The Morgan fingerprint density at radius 2 is 2.32 bits per heavy atom. The molecule has 0 bridgehead atoms. The van der Waals surface area contributed by atoms with Crippen molar-refractivity contribution in [3.8, 4) is 0 Å². The van der Waals surface area contributed by atoms with Crippen molar-refractivity contribution in [3.05, 3.63) is 18.0 Å². The number of hydrogen-bond donors (Lipinski definition) is 2. The molecule has 1 aromatic heterocycles. The fourth-order valence-corrected chi connectivity index (χ4v) is 2.77. The van der Waals surface area contributed by atoms with Gasteiger partial charge in [0.1, 0.15) is 4.33 Å². The lowest BCUT2D eigenvalue weighted by Crippen LogP contribution is -2.30. The largest absolute Gasteiger partial charge is 0.387 e. The average Bonchev–Trinajstić information content (AvgIpc) is 2.72. The summed E-state index contributed by atoms with van der Waals surface area (Å²) in [4.78, 5) is 0. The smallest absolute Gasteiger partial charge is 0.121 e. The third-order valence-electron chi connectivity index (χ3n) is 3.67. The molecule has 0 aliphatic heterocycles. The Bertz CT molecular complexity index is 422. The maximum absolute atomic E-state index is 10.00. The molecule has 3 atom stereocenters. The quantitative estimate of drug-likeness (QED) is 0.761. The number of aromatic nitrogens is 2. The topological polar surface area (TPSA) is 50.1 Å². The van der Waals surface area contributed by atoms with Crippen molar-refractivity contribution in [1.82, 2.24) is 15.1 Å². The predicted octanol–water partition coefficient (Wildman–Crippen LogP) is 2.41. The molecule has 1 heterocycles. The van der Waals surface area contributed by atoms with Crippen LogP contribution < -0.4 is 5.32 Å². The van der Waals surface area contributed by atoms with Gasteiger partial charge in [-0.15, -0.1) is 23.2 Å². The lowest BCUT2D eigenvalue weighted by Gasteiger charge is -2.16. The highest BCUT2D eigenvalue weighted by Gasteiger charge is 2.50. The number of nitrogens with one attached hydrogen (secondary N) is 1. The van der Waals surface area contributed by atoms with Crippen molar-refractivity contribution in [3.63, 3.8) is 0 Å². The van der Waals surface area contributed by atoms with Gasteiger partial charge in [-0.3, -0.25) is 4.68 Å². The molecule has 19 heavy (non-hydrogen) atoms. The first kappa shape index (κ1) is 15.1. The highest BCUT2D eigenvalue weighted by Crippen LogP contribution is 2.55. The number of hydrogen-bond acceptors (Lipinski definition) is 3. The number of aryl methyl sites for hydroxylation is 1. The molecule has 0 radical (unpaired) electrons. The van der Waals surface area contributed by atoms with Gasteiger partial charge in [0.2, 0.25) is 0 Å². The fourth-order valence-electron chi connectivity index (χ4n) is 2.18. The Balaban J connectivity index is 1.64. The van der Waals surface area contributed by atoms with Crippen LogP contribution >= 0.6 is 23.2 Å². The van der Waals surface area contributed by atoms with Gasteiger partial charge in [0.25, 0.3) is 0 Å². The summed E-state index contributed by atoms with van der Waals surface area (Å²) in [6.07, 6.45) is 5.96. The summed E-state index contributed by atoms with van der Waals surface area (Å²) in [5.41, 5.74) is 0.838. The van der Waals surface area contributed by atoms with Crippen molar-refractivity contribution in [1.29, 1.82) is 0 Å². The molecule has 0 amide bonds. The van der Waals surface area contributed by atoms with E-state index in [2.05, 4.69) is 17.3 Å². The van der Waals surface area contributed by atoms with Crippen LogP contribution in [0.25, 0.3) is 0 Å². The highest BCUT2D eigenvalue weighted by atomic mass is 35.5. The molecule has 3 unspecified atom stereocenters. The summed E-state index contributed by atoms with van der Waals surface area (Å²) in [6, 6.07) is 0.344. The minimum atomic E-state index is -0.516. The second-order valence-corrected chi connectivity index (χ2v) is 7.05. The van der Waals surface area contributed by atoms with E-state index >= 15 is 0 Å². The lowest BCUT2D eigenvalue weighted by atomic mass is 10.1. The molecule has 4 nitrogen and oxygen atoms in total. The highest BCUT2D eigenvalue weighted by molar-refractivity contribution is 6.50. The van der Waals surface area contributed by atoms with Crippen molar-refractivity contribution < 1.29 is 5.11 Å². The molecule has 2 rings (SSSR count). The number of alkyl halides is 2. The maximum Gasteiger partial charge on any atom is 0.121 e. The molecule has 1 saturated carbocycles. The van der Waals surface area contributed by atoms with Crippen LogP contribution in [-0.4, -0.2) is 31.8 Å². The molecule has 1 aromatic rings. The SMILES string of the molecule is CC(CCC1CC1(Cl)Cl)NCC(O)c1cnn(C)c1. The second-order valence-electron chi connectivity index (χ2n) is 5.51. The molecule has 1 aliphatic rings. The molecule has 108 valence electrons. The van der Waals surface area contributed by atoms with E-state index in [9.17, 15) is 5.11 Å².